The minimum Gasteiger partial charge on any atom is -0.388 e. The third-order valence-corrected chi connectivity index (χ3v) is 3.44. The molecule has 0 bridgehead atoms. The normalized spacial score (nSPS) is 17.9. The zero-order valence-corrected chi connectivity index (χ0v) is 11.2. The monoisotopic (exact) mass is 268 g/mol. The van der Waals surface area contributed by atoms with E-state index in [0.717, 1.165) is 16.9 Å². The lowest BCUT2D eigenvalue weighted by atomic mass is 10.1. The van der Waals surface area contributed by atoms with Gasteiger partial charge in [0.25, 0.3) is 0 Å². The molecule has 1 aromatic carbocycles. The van der Waals surface area contributed by atoms with Crippen LogP contribution in [0.4, 0.5) is 16.2 Å². The first-order valence-electron chi connectivity index (χ1n) is 6.53. The second-order valence-electron chi connectivity index (χ2n) is 4.70. The minimum absolute atomic E-state index is 0.0190. The zero-order valence-electron chi connectivity index (χ0n) is 11.2. The predicted octanol–water partition coefficient (Wildman–Crippen LogP) is 2.39. The van der Waals surface area contributed by atoms with Crippen LogP contribution in [0.5, 0.6) is 0 Å². The van der Waals surface area contributed by atoms with Crippen molar-refractivity contribution in [1.82, 2.24) is 10.3 Å². The maximum atomic E-state index is 12.1. The Morgan fingerprint density at radius 2 is 2.25 bits per heavy atom. The van der Waals surface area contributed by atoms with Crippen molar-refractivity contribution in [2.24, 2.45) is 0 Å². The van der Waals surface area contributed by atoms with Crippen molar-refractivity contribution in [1.29, 1.82) is 0 Å². The molecule has 102 valence electrons. The number of amides is 2. The first kappa shape index (κ1) is 12.5. The summed E-state index contributed by atoms with van der Waals surface area (Å²) in [6.07, 6.45) is 3.52. The summed E-state index contributed by atoms with van der Waals surface area (Å²) in [5.74, 6) is 0. The van der Waals surface area contributed by atoms with Crippen molar-refractivity contribution >= 4 is 17.4 Å². The first-order valence-corrected chi connectivity index (χ1v) is 6.53. The van der Waals surface area contributed by atoms with E-state index in [4.69, 9.17) is 0 Å². The van der Waals surface area contributed by atoms with Crippen molar-refractivity contribution < 1.29 is 4.79 Å². The number of hydrogen-bond acceptors (Lipinski definition) is 3. The van der Waals surface area contributed by atoms with E-state index in [0.29, 0.717) is 6.54 Å². The van der Waals surface area contributed by atoms with Crippen LogP contribution in [-0.4, -0.2) is 24.6 Å². The summed E-state index contributed by atoms with van der Waals surface area (Å²) >= 11 is 0. The molecule has 1 aliphatic heterocycles. The second-order valence-corrected chi connectivity index (χ2v) is 4.70. The lowest BCUT2D eigenvalue weighted by Gasteiger charge is -2.15. The maximum Gasteiger partial charge on any atom is 0.322 e. The third kappa shape index (κ3) is 2.30. The molecule has 1 aromatic heterocycles. The first-order chi connectivity index (χ1) is 9.78. The summed E-state index contributed by atoms with van der Waals surface area (Å²) in [4.78, 5) is 18.0. The van der Waals surface area contributed by atoms with Crippen LogP contribution in [0.3, 0.4) is 0 Å². The lowest BCUT2D eigenvalue weighted by molar-refractivity contribution is 0.251. The molecule has 1 atom stereocenters. The Morgan fingerprint density at radius 3 is 3.00 bits per heavy atom. The fraction of sp³-hybridized carbons (Fsp3) is 0.200. The minimum atomic E-state index is -0.0768. The van der Waals surface area contributed by atoms with Crippen LogP contribution >= 0.6 is 0 Å². The highest BCUT2D eigenvalue weighted by molar-refractivity contribution is 5.95. The van der Waals surface area contributed by atoms with Gasteiger partial charge >= 0.3 is 6.03 Å². The molecule has 5 nitrogen and oxygen atoms in total. The van der Waals surface area contributed by atoms with Gasteiger partial charge in [-0.25, -0.2) is 4.79 Å². The van der Waals surface area contributed by atoms with Crippen molar-refractivity contribution in [3.63, 3.8) is 0 Å². The Labute approximate surface area is 117 Å². The van der Waals surface area contributed by atoms with E-state index >= 15 is 0 Å². The van der Waals surface area contributed by atoms with Gasteiger partial charge in [0.05, 0.1) is 12.6 Å². The molecule has 1 unspecified atom stereocenters. The van der Waals surface area contributed by atoms with E-state index in [1.807, 2.05) is 43.4 Å². The van der Waals surface area contributed by atoms with Gasteiger partial charge in [0.1, 0.15) is 0 Å². The van der Waals surface area contributed by atoms with E-state index in [9.17, 15) is 4.79 Å². The molecule has 0 radical (unpaired) electrons. The molecule has 3 rings (SSSR count). The highest BCUT2D eigenvalue weighted by atomic mass is 16.2. The Balaban J connectivity index is 1.83. The van der Waals surface area contributed by atoms with Gasteiger partial charge in [0, 0.05) is 30.8 Å². The Bertz CT molecular complexity index is 614. The number of nitrogens with one attached hydrogen (secondary N) is 2. The molecule has 2 amide bonds. The average molecular weight is 268 g/mol. The van der Waals surface area contributed by atoms with Crippen molar-refractivity contribution in [2.45, 2.75) is 6.04 Å². The number of carbonyl (C=O) groups excluding carboxylic acids is 1. The molecule has 0 saturated carbocycles. The Hall–Kier alpha value is -2.56. The van der Waals surface area contributed by atoms with E-state index < -0.39 is 0 Å². The average Bonchev–Trinajstić information content (AvgIpc) is 2.90. The van der Waals surface area contributed by atoms with Crippen molar-refractivity contribution in [3.05, 3.63) is 54.4 Å². The van der Waals surface area contributed by atoms with Gasteiger partial charge in [-0.05, 0) is 29.8 Å². The molecule has 1 fully saturated rings. The van der Waals surface area contributed by atoms with E-state index in [1.54, 1.807) is 17.3 Å². The fourth-order valence-corrected chi connectivity index (χ4v) is 2.36. The van der Waals surface area contributed by atoms with E-state index in [2.05, 4.69) is 15.6 Å². The second kappa shape index (κ2) is 5.21. The van der Waals surface area contributed by atoms with Crippen LogP contribution in [0.15, 0.2) is 48.8 Å². The molecule has 1 aliphatic rings. The number of carbonyl (C=O) groups is 1. The number of anilines is 2. The van der Waals surface area contributed by atoms with Gasteiger partial charge in [-0.2, -0.15) is 0 Å². The highest BCUT2D eigenvalue weighted by Gasteiger charge is 2.30. The lowest BCUT2D eigenvalue weighted by Crippen LogP contribution is -2.27. The summed E-state index contributed by atoms with van der Waals surface area (Å²) in [7, 11) is 1.86. The molecule has 2 N–H and O–H groups in total. The Kier molecular flexibility index (Phi) is 3.25. The van der Waals surface area contributed by atoms with Crippen molar-refractivity contribution in [2.75, 3.05) is 23.8 Å². The van der Waals surface area contributed by atoms with Gasteiger partial charge < -0.3 is 10.6 Å². The molecule has 2 heterocycles. The summed E-state index contributed by atoms with van der Waals surface area (Å²) in [6, 6.07) is 11.6. The van der Waals surface area contributed by atoms with Gasteiger partial charge in [-0.3, -0.25) is 9.88 Å². The zero-order chi connectivity index (χ0) is 13.9. The molecular weight excluding hydrogens is 252 g/mol. The summed E-state index contributed by atoms with van der Waals surface area (Å²) < 4.78 is 0. The molecule has 1 saturated heterocycles. The SMILES string of the molecule is CNc1cccc(N2CC(c3cccnc3)NC2=O)c1. The smallest absolute Gasteiger partial charge is 0.322 e. The van der Waals surface area contributed by atoms with Crippen LogP contribution in [0.25, 0.3) is 0 Å². The van der Waals surface area contributed by atoms with Crippen LogP contribution in [0, 0.1) is 0 Å². The standard InChI is InChI=1S/C15H16N4O/c1-16-12-5-2-6-13(8-12)19-10-14(18-15(19)20)11-4-3-7-17-9-11/h2-9,14,16H,10H2,1H3,(H,18,20). The largest absolute Gasteiger partial charge is 0.388 e. The number of benzene rings is 1. The number of rotatable bonds is 3. The topological polar surface area (TPSA) is 57.3 Å². The molecule has 5 heteroatoms. The summed E-state index contributed by atoms with van der Waals surface area (Å²) in [5.41, 5.74) is 2.90. The van der Waals surface area contributed by atoms with Crippen LogP contribution in [0.1, 0.15) is 11.6 Å². The fourth-order valence-electron chi connectivity index (χ4n) is 2.36. The number of nitrogens with zero attached hydrogens (tertiary/aromatic N) is 2. The van der Waals surface area contributed by atoms with Crippen LogP contribution in [0.2, 0.25) is 0 Å². The van der Waals surface area contributed by atoms with Gasteiger partial charge in [0.15, 0.2) is 0 Å². The van der Waals surface area contributed by atoms with Crippen molar-refractivity contribution in [3.8, 4) is 0 Å². The summed E-state index contributed by atoms with van der Waals surface area (Å²) in [6.45, 7) is 0.609. The van der Waals surface area contributed by atoms with Gasteiger partial charge in [-0.15, -0.1) is 0 Å². The van der Waals surface area contributed by atoms with Gasteiger partial charge in [-0.1, -0.05) is 12.1 Å². The predicted molar refractivity (Wildman–Crippen MR) is 78.8 cm³/mol. The van der Waals surface area contributed by atoms with Gasteiger partial charge in [0.2, 0.25) is 0 Å². The highest BCUT2D eigenvalue weighted by Crippen LogP contribution is 2.26. The molecule has 0 aliphatic carbocycles. The van der Waals surface area contributed by atoms with Crippen LogP contribution in [-0.2, 0) is 0 Å². The summed E-state index contributed by atoms with van der Waals surface area (Å²) in [5, 5.41) is 6.06. The third-order valence-electron chi connectivity index (χ3n) is 3.44. The Morgan fingerprint density at radius 1 is 1.35 bits per heavy atom. The number of aromatic nitrogens is 1. The molecule has 20 heavy (non-hydrogen) atoms. The van der Waals surface area contributed by atoms with E-state index in [-0.39, 0.29) is 12.1 Å². The van der Waals surface area contributed by atoms with Crippen LogP contribution < -0.4 is 15.5 Å². The quantitative estimate of drug-likeness (QED) is 0.898. The number of pyridine rings is 1. The number of hydrogen-bond donors (Lipinski definition) is 2. The molecule has 0 spiro atoms. The maximum absolute atomic E-state index is 12.1. The van der Waals surface area contributed by atoms with E-state index in [1.165, 1.54) is 0 Å². The molecular formula is C15H16N4O. The molecule has 2 aromatic rings. The number of urea groups is 1.